The Morgan fingerprint density at radius 3 is 2.60 bits per heavy atom. The third kappa shape index (κ3) is 4.64. The van der Waals surface area contributed by atoms with Crippen LogP contribution in [-0.2, 0) is 9.59 Å². The summed E-state index contributed by atoms with van der Waals surface area (Å²) in [6, 6.07) is 7.86. The molecule has 0 spiro atoms. The van der Waals surface area contributed by atoms with Gasteiger partial charge in [-0.3, -0.25) is 14.5 Å². The van der Waals surface area contributed by atoms with Crippen molar-refractivity contribution < 1.29 is 9.59 Å². The number of anilines is 1. The molecule has 0 aromatic heterocycles. The predicted octanol–water partition coefficient (Wildman–Crippen LogP) is 1.19. The minimum absolute atomic E-state index is 0.0992. The molecule has 7 heteroatoms. The summed E-state index contributed by atoms with van der Waals surface area (Å²) < 4.78 is 0. The Morgan fingerprint density at radius 2 is 1.92 bits per heavy atom. The molecule has 1 aromatic carbocycles. The molecule has 1 aromatic rings. The zero-order valence-corrected chi connectivity index (χ0v) is 15.1. The summed E-state index contributed by atoms with van der Waals surface area (Å²) in [4.78, 5) is 30.2. The van der Waals surface area contributed by atoms with Gasteiger partial charge in [0.2, 0.25) is 11.8 Å². The molecule has 0 bridgehead atoms. The number of piperazine rings is 1. The number of primary amides is 1. The SMILES string of the molecule is NC(=O)C1CCCN(C(=O)CN2CCN(c3cccc(Cl)c3)CC2)C1. The van der Waals surface area contributed by atoms with E-state index in [9.17, 15) is 9.59 Å². The molecule has 2 heterocycles. The third-order valence-corrected chi connectivity index (χ3v) is 5.32. The van der Waals surface area contributed by atoms with Crippen LogP contribution in [0.2, 0.25) is 5.02 Å². The second-order valence-electron chi connectivity index (χ2n) is 6.82. The van der Waals surface area contributed by atoms with Crippen molar-refractivity contribution in [2.75, 3.05) is 50.7 Å². The van der Waals surface area contributed by atoms with Crippen LogP contribution >= 0.6 is 11.6 Å². The number of piperidine rings is 1. The molecule has 0 radical (unpaired) electrons. The van der Waals surface area contributed by atoms with Crippen molar-refractivity contribution in [3.63, 3.8) is 0 Å². The molecule has 136 valence electrons. The molecule has 6 nitrogen and oxygen atoms in total. The molecule has 2 amide bonds. The lowest BCUT2D eigenvalue weighted by Gasteiger charge is -2.37. The number of likely N-dealkylation sites (tertiary alicyclic amines) is 1. The van der Waals surface area contributed by atoms with Crippen molar-refractivity contribution in [2.45, 2.75) is 12.8 Å². The van der Waals surface area contributed by atoms with Gasteiger partial charge in [0.1, 0.15) is 0 Å². The van der Waals surface area contributed by atoms with Crippen molar-refractivity contribution in [3.8, 4) is 0 Å². The fraction of sp³-hybridized carbons (Fsp3) is 0.556. The summed E-state index contributed by atoms with van der Waals surface area (Å²) in [5.41, 5.74) is 6.52. The van der Waals surface area contributed by atoms with E-state index in [1.54, 1.807) is 4.90 Å². The minimum Gasteiger partial charge on any atom is -0.369 e. The van der Waals surface area contributed by atoms with Gasteiger partial charge in [-0.05, 0) is 31.0 Å². The number of benzene rings is 1. The average molecular weight is 365 g/mol. The Morgan fingerprint density at radius 1 is 1.16 bits per heavy atom. The predicted molar refractivity (Wildman–Crippen MR) is 98.6 cm³/mol. The highest BCUT2D eigenvalue weighted by molar-refractivity contribution is 6.30. The van der Waals surface area contributed by atoms with Crippen LogP contribution in [0.5, 0.6) is 0 Å². The third-order valence-electron chi connectivity index (χ3n) is 5.08. The summed E-state index contributed by atoms with van der Waals surface area (Å²) in [5.74, 6) is -0.396. The van der Waals surface area contributed by atoms with E-state index in [1.807, 2.05) is 18.2 Å². The molecular weight excluding hydrogens is 340 g/mol. The number of nitrogens with zero attached hydrogens (tertiary/aromatic N) is 3. The highest BCUT2D eigenvalue weighted by Gasteiger charge is 2.28. The lowest BCUT2D eigenvalue weighted by Crippen LogP contribution is -2.52. The molecule has 25 heavy (non-hydrogen) atoms. The lowest BCUT2D eigenvalue weighted by atomic mass is 9.97. The largest absolute Gasteiger partial charge is 0.369 e. The van der Waals surface area contributed by atoms with E-state index in [-0.39, 0.29) is 17.7 Å². The van der Waals surface area contributed by atoms with Gasteiger partial charge in [0.05, 0.1) is 12.5 Å². The smallest absolute Gasteiger partial charge is 0.236 e. The van der Waals surface area contributed by atoms with Gasteiger partial charge in [0.15, 0.2) is 0 Å². The molecule has 2 N–H and O–H groups in total. The maximum atomic E-state index is 12.5. The van der Waals surface area contributed by atoms with Gasteiger partial charge in [0, 0.05) is 50.0 Å². The van der Waals surface area contributed by atoms with Crippen LogP contribution in [0, 0.1) is 5.92 Å². The highest BCUT2D eigenvalue weighted by atomic mass is 35.5. The van der Waals surface area contributed by atoms with E-state index >= 15 is 0 Å². The Balaban J connectivity index is 1.48. The zero-order valence-electron chi connectivity index (χ0n) is 14.4. The van der Waals surface area contributed by atoms with E-state index < -0.39 is 0 Å². The van der Waals surface area contributed by atoms with Crippen LogP contribution in [0.3, 0.4) is 0 Å². The second kappa shape index (κ2) is 8.06. The Hall–Kier alpha value is -1.79. The van der Waals surface area contributed by atoms with Gasteiger partial charge in [-0.2, -0.15) is 0 Å². The number of hydrogen-bond acceptors (Lipinski definition) is 4. The number of amides is 2. The van der Waals surface area contributed by atoms with Gasteiger partial charge in [-0.15, -0.1) is 0 Å². The molecule has 2 saturated heterocycles. The van der Waals surface area contributed by atoms with E-state index in [0.29, 0.717) is 13.1 Å². The molecule has 1 unspecified atom stereocenters. The average Bonchev–Trinajstić information content (AvgIpc) is 2.62. The zero-order chi connectivity index (χ0) is 17.8. The number of rotatable bonds is 4. The van der Waals surface area contributed by atoms with E-state index in [0.717, 1.165) is 56.3 Å². The summed E-state index contributed by atoms with van der Waals surface area (Å²) in [7, 11) is 0. The van der Waals surface area contributed by atoms with Crippen molar-refractivity contribution >= 4 is 29.1 Å². The van der Waals surface area contributed by atoms with E-state index in [2.05, 4.69) is 15.9 Å². The highest BCUT2D eigenvalue weighted by Crippen LogP contribution is 2.21. The minimum atomic E-state index is -0.298. The first-order valence-electron chi connectivity index (χ1n) is 8.83. The van der Waals surface area contributed by atoms with Crippen LogP contribution in [-0.4, -0.2) is 67.4 Å². The van der Waals surface area contributed by atoms with Crippen molar-refractivity contribution in [1.29, 1.82) is 0 Å². The van der Waals surface area contributed by atoms with Crippen LogP contribution < -0.4 is 10.6 Å². The van der Waals surface area contributed by atoms with Crippen LogP contribution in [0.25, 0.3) is 0 Å². The van der Waals surface area contributed by atoms with Gasteiger partial charge in [-0.1, -0.05) is 17.7 Å². The van der Waals surface area contributed by atoms with Gasteiger partial charge < -0.3 is 15.5 Å². The monoisotopic (exact) mass is 364 g/mol. The number of hydrogen-bond donors (Lipinski definition) is 1. The lowest BCUT2D eigenvalue weighted by molar-refractivity contribution is -0.136. The Labute approximate surface area is 153 Å². The Bertz CT molecular complexity index is 631. The summed E-state index contributed by atoms with van der Waals surface area (Å²) in [6.45, 7) is 5.03. The Kier molecular flexibility index (Phi) is 5.81. The quantitative estimate of drug-likeness (QED) is 0.871. The first-order chi connectivity index (χ1) is 12.0. The van der Waals surface area contributed by atoms with Crippen molar-refractivity contribution in [1.82, 2.24) is 9.80 Å². The molecule has 0 aliphatic carbocycles. The first kappa shape index (κ1) is 18.0. The second-order valence-corrected chi connectivity index (χ2v) is 7.26. The number of nitrogens with two attached hydrogens (primary N) is 1. The van der Waals surface area contributed by atoms with Crippen molar-refractivity contribution in [2.24, 2.45) is 11.7 Å². The molecule has 2 aliphatic rings. The van der Waals surface area contributed by atoms with E-state index in [4.69, 9.17) is 17.3 Å². The van der Waals surface area contributed by atoms with E-state index in [1.165, 1.54) is 0 Å². The molecule has 3 rings (SSSR count). The van der Waals surface area contributed by atoms with Gasteiger partial charge in [-0.25, -0.2) is 0 Å². The fourth-order valence-electron chi connectivity index (χ4n) is 3.56. The van der Waals surface area contributed by atoms with Crippen LogP contribution in [0.4, 0.5) is 5.69 Å². The fourth-order valence-corrected chi connectivity index (χ4v) is 3.75. The van der Waals surface area contributed by atoms with Crippen LogP contribution in [0.1, 0.15) is 12.8 Å². The maximum Gasteiger partial charge on any atom is 0.236 e. The topological polar surface area (TPSA) is 69.9 Å². The number of carbonyl (C=O) groups is 2. The summed E-state index contributed by atoms with van der Waals surface area (Å²) in [6.07, 6.45) is 1.64. The van der Waals surface area contributed by atoms with Crippen LogP contribution in [0.15, 0.2) is 24.3 Å². The molecular formula is C18H25ClN4O2. The van der Waals surface area contributed by atoms with Gasteiger partial charge in [0.25, 0.3) is 0 Å². The summed E-state index contributed by atoms with van der Waals surface area (Å²) in [5, 5.41) is 0.740. The molecule has 1 atom stereocenters. The maximum absolute atomic E-state index is 12.5. The van der Waals surface area contributed by atoms with Gasteiger partial charge >= 0.3 is 0 Å². The molecule has 2 fully saturated rings. The molecule has 0 saturated carbocycles. The number of carbonyl (C=O) groups excluding carboxylic acids is 2. The first-order valence-corrected chi connectivity index (χ1v) is 9.20. The normalized spacial score (nSPS) is 22.0. The standard InChI is InChI=1S/C18H25ClN4O2/c19-15-4-1-5-16(11-15)22-9-7-21(8-10-22)13-17(24)23-6-2-3-14(12-23)18(20)25/h1,4-5,11,14H,2-3,6-10,12-13H2,(H2,20,25). The molecule has 2 aliphatic heterocycles. The van der Waals surface area contributed by atoms with Crippen molar-refractivity contribution in [3.05, 3.63) is 29.3 Å². The number of halogens is 1. The summed E-state index contributed by atoms with van der Waals surface area (Å²) >= 11 is 6.06.